The Bertz CT molecular complexity index is 649. The number of aryl methyl sites for hydroxylation is 1. The summed E-state index contributed by atoms with van der Waals surface area (Å²) in [6.45, 7) is 1.62. The number of nitrogens with one attached hydrogen (secondary N) is 1. The summed E-state index contributed by atoms with van der Waals surface area (Å²) < 4.78 is 13.1. The largest absolute Gasteiger partial charge is 0.340 e. The topological polar surface area (TPSA) is 68.1 Å². The molecular formula is C12H9ClFN3O2. The first kappa shape index (κ1) is 13.2. The minimum atomic E-state index is -0.561. The van der Waals surface area contributed by atoms with Gasteiger partial charge in [-0.2, -0.15) is 0 Å². The van der Waals surface area contributed by atoms with Crippen molar-refractivity contribution in [1.82, 2.24) is 4.98 Å². The predicted octanol–water partition coefficient (Wildman–Crippen LogP) is 3.83. The van der Waals surface area contributed by atoms with Crippen molar-refractivity contribution in [2.75, 3.05) is 5.32 Å². The Morgan fingerprint density at radius 2 is 2.11 bits per heavy atom. The summed E-state index contributed by atoms with van der Waals surface area (Å²) in [5.41, 5.74) is 0.867. The molecule has 5 nitrogen and oxygen atoms in total. The van der Waals surface area contributed by atoms with E-state index in [1.165, 1.54) is 18.2 Å². The lowest BCUT2D eigenvalue weighted by molar-refractivity contribution is -0.384. The van der Waals surface area contributed by atoms with Gasteiger partial charge >= 0.3 is 0 Å². The molecule has 1 aromatic heterocycles. The van der Waals surface area contributed by atoms with E-state index >= 15 is 0 Å². The van der Waals surface area contributed by atoms with Crippen molar-refractivity contribution in [3.63, 3.8) is 0 Å². The van der Waals surface area contributed by atoms with E-state index < -0.39 is 4.92 Å². The van der Waals surface area contributed by atoms with Gasteiger partial charge in [-0.3, -0.25) is 10.1 Å². The molecule has 0 bridgehead atoms. The first-order chi connectivity index (χ1) is 8.95. The number of pyridine rings is 1. The zero-order valence-corrected chi connectivity index (χ0v) is 10.6. The fourth-order valence-corrected chi connectivity index (χ4v) is 1.73. The molecule has 7 heteroatoms. The fourth-order valence-electron chi connectivity index (χ4n) is 1.52. The summed E-state index contributed by atoms with van der Waals surface area (Å²) in [4.78, 5) is 14.1. The van der Waals surface area contributed by atoms with Crippen LogP contribution in [0.15, 0.2) is 30.3 Å². The van der Waals surface area contributed by atoms with Crippen LogP contribution in [0.4, 0.5) is 21.6 Å². The summed E-state index contributed by atoms with van der Waals surface area (Å²) in [5.74, 6) is -0.0965. The maximum atomic E-state index is 13.1. The summed E-state index contributed by atoms with van der Waals surface area (Å²) in [6, 6.07) is 6.80. The van der Waals surface area contributed by atoms with E-state index in [0.717, 1.165) is 6.07 Å². The highest BCUT2D eigenvalue weighted by Crippen LogP contribution is 2.24. The molecule has 0 spiro atoms. The van der Waals surface area contributed by atoms with Crippen molar-refractivity contribution >= 4 is 28.8 Å². The Morgan fingerprint density at radius 3 is 2.74 bits per heavy atom. The molecule has 0 radical (unpaired) electrons. The first-order valence-electron chi connectivity index (χ1n) is 5.31. The van der Waals surface area contributed by atoms with Crippen molar-refractivity contribution in [3.05, 3.63) is 57.0 Å². The smallest absolute Gasteiger partial charge is 0.276 e. The molecule has 1 aromatic carbocycles. The summed E-state index contributed by atoms with van der Waals surface area (Å²) >= 11 is 5.70. The monoisotopic (exact) mass is 281 g/mol. The third kappa shape index (κ3) is 3.17. The fraction of sp³-hybridized carbons (Fsp3) is 0.0833. The van der Waals surface area contributed by atoms with Gasteiger partial charge in [-0.25, -0.2) is 9.37 Å². The van der Waals surface area contributed by atoms with Gasteiger partial charge in [0.25, 0.3) is 5.69 Å². The molecule has 0 atom stereocenters. The molecule has 2 aromatic rings. The first-order valence-corrected chi connectivity index (χ1v) is 5.68. The highest BCUT2D eigenvalue weighted by atomic mass is 35.5. The second-order valence-corrected chi connectivity index (χ2v) is 4.27. The molecule has 98 valence electrons. The van der Waals surface area contributed by atoms with Crippen LogP contribution in [0.3, 0.4) is 0 Å². The van der Waals surface area contributed by atoms with Crippen LogP contribution < -0.4 is 5.32 Å². The third-order valence-electron chi connectivity index (χ3n) is 2.42. The lowest BCUT2D eigenvalue weighted by Crippen LogP contribution is -1.97. The van der Waals surface area contributed by atoms with E-state index in [1.54, 1.807) is 13.0 Å². The van der Waals surface area contributed by atoms with Crippen LogP contribution in [0, 0.1) is 22.9 Å². The molecule has 0 saturated carbocycles. The van der Waals surface area contributed by atoms with Gasteiger partial charge in [-0.05, 0) is 30.7 Å². The number of rotatable bonds is 3. The van der Waals surface area contributed by atoms with E-state index in [9.17, 15) is 14.5 Å². The van der Waals surface area contributed by atoms with Gasteiger partial charge in [0, 0.05) is 5.69 Å². The molecule has 0 saturated heterocycles. The summed E-state index contributed by atoms with van der Waals surface area (Å²) in [5, 5.41) is 13.5. The van der Waals surface area contributed by atoms with Gasteiger partial charge in [0.2, 0.25) is 0 Å². The summed E-state index contributed by atoms with van der Waals surface area (Å²) in [7, 11) is 0. The predicted molar refractivity (Wildman–Crippen MR) is 70.3 cm³/mol. The van der Waals surface area contributed by atoms with Crippen molar-refractivity contribution in [3.8, 4) is 0 Å². The van der Waals surface area contributed by atoms with Crippen LogP contribution in [0.2, 0.25) is 5.15 Å². The van der Waals surface area contributed by atoms with Crippen LogP contribution in [0.25, 0.3) is 0 Å². The number of anilines is 2. The molecule has 2 rings (SSSR count). The number of hydrogen-bond donors (Lipinski definition) is 1. The van der Waals surface area contributed by atoms with E-state index in [4.69, 9.17) is 11.6 Å². The molecule has 1 N–H and O–H groups in total. The molecule has 1 heterocycles. The SMILES string of the molecule is Cc1cc(Nc2cc([N+](=O)[O-])cc(Cl)n2)ccc1F. The van der Waals surface area contributed by atoms with E-state index in [-0.39, 0.29) is 22.5 Å². The highest BCUT2D eigenvalue weighted by molar-refractivity contribution is 6.29. The number of hydrogen-bond acceptors (Lipinski definition) is 4. The lowest BCUT2D eigenvalue weighted by atomic mass is 10.2. The zero-order chi connectivity index (χ0) is 14.0. The molecule has 0 unspecified atom stereocenters. The van der Waals surface area contributed by atoms with Gasteiger partial charge in [0.05, 0.1) is 17.1 Å². The maximum absolute atomic E-state index is 13.1. The molecule has 0 aliphatic rings. The number of benzene rings is 1. The van der Waals surface area contributed by atoms with Crippen molar-refractivity contribution in [2.45, 2.75) is 6.92 Å². The number of nitrogens with zero attached hydrogens (tertiary/aromatic N) is 2. The van der Waals surface area contributed by atoms with Gasteiger partial charge < -0.3 is 5.32 Å². The van der Waals surface area contributed by atoms with Crippen LogP contribution in [-0.4, -0.2) is 9.91 Å². The van der Waals surface area contributed by atoms with Crippen LogP contribution in [0.5, 0.6) is 0 Å². The maximum Gasteiger partial charge on any atom is 0.276 e. The number of aromatic nitrogens is 1. The average molecular weight is 282 g/mol. The quantitative estimate of drug-likeness (QED) is 0.527. The lowest BCUT2D eigenvalue weighted by Gasteiger charge is -2.07. The van der Waals surface area contributed by atoms with Crippen LogP contribution in [-0.2, 0) is 0 Å². The van der Waals surface area contributed by atoms with Crippen LogP contribution >= 0.6 is 11.6 Å². The third-order valence-corrected chi connectivity index (χ3v) is 2.61. The van der Waals surface area contributed by atoms with E-state index in [1.807, 2.05) is 0 Å². The van der Waals surface area contributed by atoms with Gasteiger partial charge in [0.15, 0.2) is 0 Å². The van der Waals surface area contributed by atoms with Crippen molar-refractivity contribution < 1.29 is 9.31 Å². The summed E-state index contributed by atoms with van der Waals surface area (Å²) in [6.07, 6.45) is 0. The van der Waals surface area contributed by atoms with E-state index in [2.05, 4.69) is 10.3 Å². The second kappa shape index (κ2) is 5.19. The van der Waals surface area contributed by atoms with Crippen LogP contribution in [0.1, 0.15) is 5.56 Å². The Labute approximate surface area is 113 Å². The average Bonchev–Trinajstić information content (AvgIpc) is 2.33. The minimum Gasteiger partial charge on any atom is -0.340 e. The van der Waals surface area contributed by atoms with Gasteiger partial charge in [-0.1, -0.05) is 11.6 Å². The number of nitro groups is 1. The molecule has 0 aliphatic heterocycles. The van der Waals surface area contributed by atoms with Crippen molar-refractivity contribution in [1.29, 1.82) is 0 Å². The Morgan fingerprint density at radius 1 is 1.37 bits per heavy atom. The Hall–Kier alpha value is -2.21. The Kier molecular flexibility index (Phi) is 3.62. The van der Waals surface area contributed by atoms with Crippen molar-refractivity contribution in [2.24, 2.45) is 0 Å². The number of halogens is 2. The minimum absolute atomic E-state index is 0.00975. The van der Waals surface area contributed by atoms with Gasteiger partial charge in [0.1, 0.15) is 16.8 Å². The normalized spacial score (nSPS) is 10.3. The highest BCUT2D eigenvalue weighted by Gasteiger charge is 2.10. The van der Waals surface area contributed by atoms with E-state index in [0.29, 0.717) is 11.3 Å². The zero-order valence-electron chi connectivity index (χ0n) is 9.85. The molecule has 0 amide bonds. The Balaban J connectivity index is 2.32. The standard InChI is InChI=1S/C12H9ClFN3O2/c1-7-4-8(2-3-10(7)14)15-12-6-9(17(18)19)5-11(13)16-12/h2-6H,1H3,(H,15,16). The molecule has 0 aliphatic carbocycles. The molecule has 0 fully saturated rings. The second-order valence-electron chi connectivity index (χ2n) is 3.88. The molecule has 19 heavy (non-hydrogen) atoms. The molecular weight excluding hydrogens is 273 g/mol. The van der Waals surface area contributed by atoms with Gasteiger partial charge in [-0.15, -0.1) is 0 Å².